The highest BCUT2D eigenvalue weighted by Crippen LogP contribution is 2.34. The Morgan fingerprint density at radius 1 is 1.25 bits per heavy atom. The number of benzene rings is 1. The number of aromatic nitrogens is 4. The number of fused-ring (bicyclic) bond motifs is 1. The fraction of sp³-hybridized carbons (Fsp3) is 0.400. The number of anilines is 1. The number of imidazole rings is 1. The molecule has 0 bridgehead atoms. The van der Waals surface area contributed by atoms with Crippen LogP contribution in [0.15, 0.2) is 24.3 Å². The molecule has 0 amide bonds. The van der Waals surface area contributed by atoms with Gasteiger partial charge in [0.05, 0.1) is 20.1 Å². The molecule has 2 aromatic heterocycles. The predicted octanol–water partition coefficient (Wildman–Crippen LogP) is 2.54. The molecule has 1 aromatic carbocycles. The van der Waals surface area contributed by atoms with Gasteiger partial charge in [-0.15, -0.1) is 0 Å². The summed E-state index contributed by atoms with van der Waals surface area (Å²) >= 11 is 0. The van der Waals surface area contributed by atoms with Crippen molar-refractivity contribution in [2.45, 2.75) is 44.6 Å². The third kappa shape index (κ3) is 3.49. The van der Waals surface area contributed by atoms with Gasteiger partial charge in [-0.3, -0.25) is 9.36 Å². The van der Waals surface area contributed by atoms with Gasteiger partial charge in [-0.05, 0) is 24.0 Å². The van der Waals surface area contributed by atoms with E-state index < -0.39 is 0 Å². The van der Waals surface area contributed by atoms with Crippen molar-refractivity contribution in [2.24, 2.45) is 0 Å². The topological polar surface area (TPSA) is 116 Å². The zero-order chi connectivity index (χ0) is 19.7. The summed E-state index contributed by atoms with van der Waals surface area (Å²) in [4.78, 5) is 24.8. The molecule has 1 aliphatic carbocycles. The second kappa shape index (κ2) is 7.46. The highest BCUT2D eigenvalue weighted by atomic mass is 16.5. The Morgan fingerprint density at radius 3 is 2.75 bits per heavy atom. The van der Waals surface area contributed by atoms with Crippen LogP contribution >= 0.6 is 0 Å². The Balaban J connectivity index is 1.69. The molecule has 1 saturated carbocycles. The van der Waals surface area contributed by atoms with Gasteiger partial charge in [0.15, 0.2) is 17.0 Å². The number of nitrogens with two attached hydrogens (primary N) is 1. The van der Waals surface area contributed by atoms with Crippen LogP contribution in [0.4, 0.5) is 5.82 Å². The monoisotopic (exact) mass is 381 g/mol. The van der Waals surface area contributed by atoms with Crippen molar-refractivity contribution in [3.8, 4) is 6.01 Å². The normalized spacial score (nSPS) is 14.6. The Bertz CT molecular complexity index is 1020. The summed E-state index contributed by atoms with van der Waals surface area (Å²) in [6.07, 6.45) is 4.65. The summed E-state index contributed by atoms with van der Waals surface area (Å²) in [7, 11) is 1.37. The number of hydrogen-bond donors (Lipinski definition) is 2. The lowest BCUT2D eigenvalue weighted by molar-refractivity contribution is -0.139. The van der Waals surface area contributed by atoms with Crippen molar-refractivity contribution >= 4 is 23.0 Å². The van der Waals surface area contributed by atoms with Crippen LogP contribution in [0.2, 0.25) is 0 Å². The van der Waals surface area contributed by atoms with Crippen LogP contribution in [0.3, 0.4) is 0 Å². The minimum Gasteiger partial charge on any atom is -0.480 e. The van der Waals surface area contributed by atoms with E-state index in [1.54, 1.807) is 4.57 Å². The fourth-order valence-corrected chi connectivity index (χ4v) is 3.80. The third-order valence-electron chi connectivity index (χ3n) is 5.25. The molecule has 28 heavy (non-hydrogen) atoms. The summed E-state index contributed by atoms with van der Waals surface area (Å²) in [5.41, 5.74) is 8.80. The summed E-state index contributed by atoms with van der Waals surface area (Å²) < 4.78 is 6.35. The van der Waals surface area contributed by atoms with Crippen molar-refractivity contribution in [2.75, 3.05) is 12.8 Å². The lowest BCUT2D eigenvalue weighted by atomic mass is 10.1. The van der Waals surface area contributed by atoms with Gasteiger partial charge in [-0.2, -0.15) is 4.98 Å². The second-order valence-electron chi connectivity index (χ2n) is 7.19. The van der Waals surface area contributed by atoms with Crippen molar-refractivity contribution in [1.82, 2.24) is 19.5 Å². The molecule has 1 fully saturated rings. The highest BCUT2D eigenvalue weighted by Gasteiger charge is 2.23. The molecule has 0 unspecified atom stereocenters. The van der Waals surface area contributed by atoms with Crippen LogP contribution in [0, 0.1) is 0 Å². The first-order chi connectivity index (χ1) is 13.5. The lowest BCUT2D eigenvalue weighted by Crippen LogP contribution is -2.08. The first-order valence-electron chi connectivity index (χ1n) is 9.42. The van der Waals surface area contributed by atoms with Crippen LogP contribution in [-0.2, 0) is 22.5 Å². The van der Waals surface area contributed by atoms with Gasteiger partial charge in [0.2, 0.25) is 0 Å². The average molecular weight is 381 g/mol. The van der Waals surface area contributed by atoms with E-state index in [1.807, 2.05) is 24.3 Å². The van der Waals surface area contributed by atoms with Crippen molar-refractivity contribution < 1.29 is 14.6 Å². The van der Waals surface area contributed by atoms with Gasteiger partial charge in [0, 0.05) is 5.92 Å². The molecule has 0 spiro atoms. The van der Waals surface area contributed by atoms with Crippen LogP contribution in [0.25, 0.3) is 11.2 Å². The number of ether oxygens (including phenoxy) is 1. The van der Waals surface area contributed by atoms with Crippen LogP contribution in [0.5, 0.6) is 6.01 Å². The van der Waals surface area contributed by atoms with Crippen molar-refractivity contribution in [3.63, 3.8) is 0 Å². The molecule has 3 aromatic rings. The molecule has 2 heterocycles. The molecule has 8 nitrogen and oxygen atoms in total. The van der Waals surface area contributed by atoms with E-state index in [0.717, 1.165) is 29.8 Å². The number of nitrogen functional groups attached to an aromatic ring is 1. The summed E-state index contributed by atoms with van der Waals surface area (Å²) in [6.45, 7) is 0.359. The fourth-order valence-electron chi connectivity index (χ4n) is 3.80. The van der Waals surface area contributed by atoms with Gasteiger partial charge in [-0.25, -0.2) is 9.97 Å². The molecular formula is C20H23N5O3. The number of carbonyl (C=O) groups excluding carboxylic acids is 1. The quantitative estimate of drug-likeness (QED) is 0.652. The minimum atomic E-state index is -0.296. The largest absolute Gasteiger partial charge is 0.480 e. The van der Waals surface area contributed by atoms with Crippen molar-refractivity contribution in [1.29, 1.82) is 0 Å². The average Bonchev–Trinajstić information content (AvgIpc) is 3.32. The molecule has 4 rings (SSSR count). The zero-order valence-electron chi connectivity index (χ0n) is 15.8. The minimum absolute atomic E-state index is 0.155. The van der Waals surface area contributed by atoms with E-state index in [9.17, 15) is 9.90 Å². The smallest absolute Gasteiger partial charge is 0.309 e. The molecule has 0 atom stereocenters. The van der Waals surface area contributed by atoms with E-state index in [4.69, 9.17) is 15.5 Å². The van der Waals surface area contributed by atoms with E-state index in [-0.39, 0.29) is 18.4 Å². The first-order valence-corrected chi connectivity index (χ1v) is 9.42. The van der Waals surface area contributed by atoms with Crippen LogP contribution < -0.4 is 5.73 Å². The van der Waals surface area contributed by atoms with Gasteiger partial charge in [0.1, 0.15) is 5.82 Å². The van der Waals surface area contributed by atoms with Crippen LogP contribution in [0.1, 0.15) is 48.6 Å². The standard InChI is InChI=1S/C20H23N5O3/c1-28-15(26)10-12-5-4-6-13(9-12)11-25-19-16(22-20(25)27)17(21)23-18(24-19)14-7-2-3-8-14/h4-6,9,14H,2-3,7-8,10-11H2,1H3,(H,22,27)(H2,21,23,24). The lowest BCUT2D eigenvalue weighted by Gasteiger charge is -2.10. The number of carbonyl (C=O) groups is 1. The number of nitrogens with zero attached hydrogens (tertiary/aromatic N) is 4. The van der Waals surface area contributed by atoms with Gasteiger partial charge >= 0.3 is 5.97 Å². The molecule has 0 aliphatic heterocycles. The number of hydrogen-bond acceptors (Lipinski definition) is 7. The Kier molecular flexibility index (Phi) is 4.85. The van der Waals surface area contributed by atoms with E-state index >= 15 is 0 Å². The number of esters is 1. The zero-order valence-corrected chi connectivity index (χ0v) is 15.8. The van der Waals surface area contributed by atoms with E-state index in [0.29, 0.717) is 29.4 Å². The Morgan fingerprint density at radius 2 is 2.00 bits per heavy atom. The summed E-state index contributed by atoms with van der Waals surface area (Å²) in [5.74, 6) is 1.03. The molecule has 146 valence electrons. The number of methoxy groups -OCH3 is 1. The molecular weight excluding hydrogens is 358 g/mol. The highest BCUT2D eigenvalue weighted by molar-refractivity contribution is 5.83. The van der Waals surface area contributed by atoms with E-state index in [1.165, 1.54) is 20.0 Å². The second-order valence-corrected chi connectivity index (χ2v) is 7.19. The summed E-state index contributed by atoms with van der Waals surface area (Å²) in [5, 5.41) is 10.4. The number of rotatable bonds is 5. The molecule has 8 heteroatoms. The molecule has 3 N–H and O–H groups in total. The molecule has 0 saturated heterocycles. The van der Waals surface area contributed by atoms with Gasteiger partial charge < -0.3 is 15.6 Å². The summed E-state index contributed by atoms with van der Waals surface area (Å²) in [6, 6.07) is 7.42. The number of aromatic hydroxyl groups is 1. The predicted molar refractivity (Wildman–Crippen MR) is 104 cm³/mol. The molecule has 0 radical (unpaired) electrons. The van der Waals surface area contributed by atoms with E-state index in [2.05, 4.69) is 9.97 Å². The Labute approximate surface area is 162 Å². The SMILES string of the molecule is COC(=O)Cc1cccc(Cn2c(O)nc3c(N)nc(C4CCCC4)nc32)c1. The van der Waals surface area contributed by atoms with Gasteiger partial charge in [-0.1, -0.05) is 37.1 Å². The van der Waals surface area contributed by atoms with Crippen LogP contribution in [-0.4, -0.2) is 37.7 Å². The maximum atomic E-state index is 11.5. The van der Waals surface area contributed by atoms with Gasteiger partial charge in [0.25, 0.3) is 6.01 Å². The maximum absolute atomic E-state index is 11.5. The maximum Gasteiger partial charge on any atom is 0.309 e. The Hall–Kier alpha value is -3.16. The third-order valence-corrected chi connectivity index (χ3v) is 5.25. The molecule has 1 aliphatic rings. The first kappa shape index (κ1) is 18.2. The van der Waals surface area contributed by atoms with Crippen molar-refractivity contribution in [3.05, 3.63) is 41.2 Å².